The van der Waals surface area contributed by atoms with Gasteiger partial charge in [-0.15, -0.1) is 0 Å². The van der Waals surface area contributed by atoms with E-state index in [2.05, 4.69) is 20.4 Å². The van der Waals surface area contributed by atoms with E-state index in [4.69, 9.17) is 35.4 Å². The summed E-state index contributed by atoms with van der Waals surface area (Å²) >= 11 is 17.7. The quantitative estimate of drug-likeness (QED) is 0.545. The Morgan fingerprint density at radius 3 is 2.68 bits per heavy atom. The molecule has 0 amide bonds. The largest absolute Gasteiger partial charge is 0.296 e. The van der Waals surface area contributed by atoms with Crippen molar-refractivity contribution in [1.29, 1.82) is 0 Å². The van der Waals surface area contributed by atoms with Crippen molar-refractivity contribution in [2.45, 2.75) is 13.8 Å². The number of aryl methyl sites for hydroxylation is 2. The van der Waals surface area contributed by atoms with Gasteiger partial charge in [-0.3, -0.25) is 9.89 Å². The standard InChI is InChI=1S/C15H12Cl2N6OS/c1-8-10(7-18-23-14(24)9(2)19-20-15(23)25)13(17)22(21-8)12-6-4-3-5-11(12)16/h3-7H,1-2H3,(H,20,25)/b18-7-. The van der Waals surface area contributed by atoms with Crippen LogP contribution in [-0.4, -0.2) is 30.9 Å². The van der Waals surface area contributed by atoms with Gasteiger partial charge in [-0.1, -0.05) is 35.3 Å². The minimum absolute atomic E-state index is 0.0825. The van der Waals surface area contributed by atoms with E-state index in [1.807, 2.05) is 12.1 Å². The predicted molar refractivity (Wildman–Crippen MR) is 99.7 cm³/mol. The lowest BCUT2D eigenvalue weighted by molar-refractivity contribution is 0.720. The van der Waals surface area contributed by atoms with Crippen molar-refractivity contribution < 1.29 is 0 Å². The Morgan fingerprint density at radius 2 is 1.96 bits per heavy atom. The molecule has 128 valence electrons. The number of para-hydroxylation sites is 1. The minimum Gasteiger partial charge on any atom is -0.265 e. The number of aromatic amines is 1. The third-order valence-corrected chi connectivity index (χ3v) is 4.39. The smallest absolute Gasteiger partial charge is 0.265 e. The van der Waals surface area contributed by atoms with Crippen LogP contribution in [0.3, 0.4) is 0 Å². The molecule has 0 atom stereocenters. The minimum atomic E-state index is -0.410. The highest BCUT2D eigenvalue weighted by Gasteiger charge is 2.15. The summed E-state index contributed by atoms with van der Waals surface area (Å²) in [7, 11) is 0. The van der Waals surface area contributed by atoms with Crippen LogP contribution in [0, 0.1) is 18.6 Å². The van der Waals surface area contributed by atoms with Crippen LogP contribution in [0.5, 0.6) is 0 Å². The van der Waals surface area contributed by atoms with Crippen LogP contribution >= 0.6 is 35.4 Å². The molecule has 0 radical (unpaired) electrons. The van der Waals surface area contributed by atoms with Gasteiger partial charge in [0.1, 0.15) is 10.8 Å². The zero-order chi connectivity index (χ0) is 18.1. The molecule has 2 heterocycles. The van der Waals surface area contributed by atoms with E-state index in [1.165, 1.54) is 10.9 Å². The third-order valence-electron chi connectivity index (χ3n) is 3.44. The molecular formula is C15H12Cl2N6OS. The fourth-order valence-electron chi connectivity index (χ4n) is 2.13. The van der Waals surface area contributed by atoms with E-state index in [1.54, 1.807) is 26.0 Å². The molecule has 1 N–H and O–H groups in total. The lowest BCUT2D eigenvalue weighted by Crippen LogP contribution is -2.22. The first-order valence-electron chi connectivity index (χ1n) is 7.13. The number of hydrogen-bond donors (Lipinski definition) is 1. The first kappa shape index (κ1) is 17.5. The van der Waals surface area contributed by atoms with Crippen LogP contribution in [0.15, 0.2) is 34.2 Å². The average Bonchev–Trinajstić information content (AvgIpc) is 2.86. The Kier molecular flexibility index (Phi) is 4.85. The van der Waals surface area contributed by atoms with Crippen molar-refractivity contribution in [3.8, 4) is 5.69 Å². The molecule has 0 saturated carbocycles. The number of hydrogen-bond acceptors (Lipinski definition) is 5. The molecule has 0 bridgehead atoms. The molecule has 3 aromatic rings. The van der Waals surface area contributed by atoms with Gasteiger partial charge >= 0.3 is 0 Å². The van der Waals surface area contributed by atoms with E-state index < -0.39 is 5.56 Å². The Bertz CT molecular complexity index is 1100. The molecule has 0 spiro atoms. The SMILES string of the molecule is Cc1nn(-c2ccccc2Cl)c(Cl)c1/C=N\n1c(=S)[nH]nc(C)c1=O. The molecule has 0 aliphatic carbocycles. The van der Waals surface area contributed by atoms with Crippen LogP contribution in [0.25, 0.3) is 5.69 Å². The summed E-state index contributed by atoms with van der Waals surface area (Å²) < 4.78 is 2.64. The first-order valence-corrected chi connectivity index (χ1v) is 8.29. The molecule has 1 aromatic carbocycles. The maximum absolute atomic E-state index is 12.1. The fraction of sp³-hybridized carbons (Fsp3) is 0.133. The number of rotatable bonds is 3. The molecule has 2 aromatic heterocycles. The summed E-state index contributed by atoms with van der Waals surface area (Å²) in [5.74, 6) is 0. The van der Waals surface area contributed by atoms with Gasteiger partial charge in [0.05, 0.1) is 28.2 Å². The zero-order valence-corrected chi connectivity index (χ0v) is 15.5. The fourth-order valence-corrected chi connectivity index (χ4v) is 2.84. The molecule has 0 unspecified atom stereocenters. The highest BCUT2D eigenvalue weighted by atomic mass is 35.5. The predicted octanol–water partition coefficient (Wildman–Crippen LogP) is 3.29. The van der Waals surface area contributed by atoms with Crippen LogP contribution in [0.2, 0.25) is 10.2 Å². The second kappa shape index (κ2) is 6.91. The lowest BCUT2D eigenvalue weighted by atomic mass is 10.3. The maximum Gasteiger partial charge on any atom is 0.296 e. The van der Waals surface area contributed by atoms with E-state index in [0.29, 0.717) is 27.1 Å². The summed E-state index contributed by atoms with van der Waals surface area (Å²) in [6.45, 7) is 3.34. The molecule has 7 nitrogen and oxygen atoms in total. The molecule has 25 heavy (non-hydrogen) atoms. The number of aromatic nitrogens is 5. The highest BCUT2D eigenvalue weighted by Crippen LogP contribution is 2.26. The maximum atomic E-state index is 12.1. The first-order chi connectivity index (χ1) is 11.9. The van der Waals surface area contributed by atoms with Crippen LogP contribution in [-0.2, 0) is 0 Å². The molecule has 0 aliphatic rings. The van der Waals surface area contributed by atoms with Gasteiger partial charge in [-0.2, -0.15) is 20.0 Å². The summed E-state index contributed by atoms with van der Waals surface area (Å²) in [6.07, 6.45) is 1.43. The van der Waals surface area contributed by atoms with E-state index in [0.717, 1.165) is 4.68 Å². The Morgan fingerprint density at radius 1 is 1.24 bits per heavy atom. The van der Waals surface area contributed by atoms with Crippen molar-refractivity contribution in [3.05, 3.63) is 66.5 Å². The third kappa shape index (κ3) is 3.28. The van der Waals surface area contributed by atoms with Crippen LogP contribution in [0.1, 0.15) is 17.0 Å². The zero-order valence-electron chi connectivity index (χ0n) is 13.2. The molecule has 0 aliphatic heterocycles. The average molecular weight is 395 g/mol. The Hall–Kier alpha value is -2.29. The molecule has 10 heteroatoms. The van der Waals surface area contributed by atoms with E-state index in [-0.39, 0.29) is 10.5 Å². The van der Waals surface area contributed by atoms with E-state index >= 15 is 0 Å². The number of benzene rings is 1. The van der Waals surface area contributed by atoms with Crippen LogP contribution in [0.4, 0.5) is 0 Å². The van der Waals surface area contributed by atoms with Crippen LogP contribution < -0.4 is 5.56 Å². The molecule has 0 fully saturated rings. The van der Waals surface area contributed by atoms with Crippen molar-refractivity contribution in [2.75, 3.05) is 0 Å². The van der Waals surface area contributed by atoms with Crippen molar-refractivity contribution in [1.82, 2.24) is 24.7 Å². The van der Waals surface area contributed by atoms with Gasteiger partial charge < -0.3 is 0 Å². The molecule has 3 rings (SSSR count). The van der Waals surface area contributed by atoms with Gasteiger partial charge in [-0.25, -0.2) is 4.68 Å². The van der Waals surface area contributed by atoms with Gasteiger partial charge in [0, 0.05) is 0 Å². The van der Waals surface area contributed by atoms with Crippen molar-refractivity contribution in [2.24, 2.45) is 5.10 Å². The summed E-state index contributed by atoms with van der Waals surface area (Å²) in [4.78, 5) is 12.1. The van der Waals surface area contributed by atoms with Crippen molar-refractivity contribution >= 4 is 41.6 Å². The summed E-state index contributed by atoms with van der Waals surface area (Å²) in [5.41, 5.74) is 1.67. The number of halogens is 2. The number of H-pyrrole nitrogens is 1. The highest BCUT2D eigenvalue weighted by molar-refractivity contribution is 7.71. The number of nitrogens with one attached hydrogen (secondary N) is 1. The van der Waals surface area contributed by atoms with Gasteiger partial charge in [0.2, 0.25) is 4.77 Å². The topological polar surface area (TPSA) is 80.9 Å². The number of nitrogens with zero attached hydrogens (tertiary/aromatic N) is 5. The van der Waals surface area contributed by atoms with Gasteiger partial charge in [-0.05, 0) is 38.2 Å². The normalized spacial score (nSPS) is 11.4. The summed E-state index contributed by atoms with van der Waals surface area (Å²) in [6, 6.07) is 7.20. The van der Waals surface area contributed by atoms with Gasteiger partial charge in [0.15, 0.2) is 0 Å². The summed E-state index contributed by atoms with van der Waals surface area (Å²) in [5, 5.41) is 15.7. The Balaban J connectivity index is 2.09. The van der Waals surface area contributed by atoms with Gasteiger partial charge in [0.25, 0.3) is 5.56 Å². The lowest BCUT2D eigenvalue weighted by Gasteiger charge is -2.05. The second-order valence-electron chi connectivity index (χ2n) is 5.13. The van der Waals surface area contributed by atoms with E-state index in [9.17, 15) is 4.79 Å². The Labute approximate surface area is 157 Å². The van der Waals surface area contributed by atoms with Crippen molar-refractivity contribution in [3.63, 3.8) is 0 Å². The molecular weight excluding hydrogens is 383 g/mol. The second-order valence-corrected chi connectivity index (χ2v) is 6.28. The monoisotopic (exact) mass is 394 g/mol. The molecule has 0 saturated heterocycles.